The highest BCUT2D eigenvalue weighted by Gasteiger charge is 2.18. The molecule has 21 heavy (non-hydrogen) atoms. The molecule has 0 saturated carbocycles. The Morgan fingerprint density at radius 2 is 2.19 bits per heavy atom. The van der Waals surface area contributed by atoms with Gasteiger partial charge in [-0.05, 0) is 50.9 Å². The molecule has 0 amide bonds. The Hall–Kier alpha value is -1.06. The van der Waals surface area contributed by atoms with E-state index in [1.54, 1.807) is 7.11 Å². The highest BCUT2D eigenvalue weighted by molar-refractivity contribution is 5.37. The van der Waals surface area contributed by atoms with E-state index in [2.05, 4.69) is 42.3 Å². The van der Waals surface area contributed by atoms with E-state index in [-0.39, 0.29) is 0 Å². The van der Waals surface area contributed by atoms with E-state index >= 15 is 0 Å². The maximum Gasteiger partial charge on any atom is 0.123 e. The topological polar surface area (TPSA) is 24.5 Å². The predicted octanol–water partition coefficient (Wildman–Crippen LogP) is 3.57. The summed E-state index contributed by atoms with van der Waals surface area (Å²) in [5.41, 5.74) is 2.61. The Kier molecular flexibility index (Phi) is 6.52. The average Bonchev–Trinajstić information content (AvgIpc) is 2.51. The van der Waals surface area contributed by atoms with Gasteiger partial charge in [0.25, 0.3) is 0 Å². The Bertz CT molecular complexity index is 433. The van der Waals surface area contributed by atoms with Gasteiger partial charge in [-0.15, -0.1) is 0 Å². The number of rotatable bonds is 7. The molecule has 1 aromatic carbocycles. The zero-order valence-corrected chi connectivity index (χ0v) is 13.8. The zero-order valence-electron chi connectivity index (χ0n) is 13.8. The normalized spacial score (nSPS) is 19.7. The second-order valence-electron chi connectivity index (χ2n) is 6.14. The molecule has 1 fully saturated rings. The average molecular weight is 290 g/mol. The largest absolute Gasteiger partial charge is 0.496 e. The first-order chi connectivity index (χ1) is 10.2. The quantitative estimate of drug-likeness (QED) is 0.777. The Labute approximate surface area is 129 Å². The molecule has 0 bridgehead atoms. The lowest BCUT2D eigenvalue weighted by molar-refractivity contribution is 0.152. The van der Waals surface area contributed by atoms with Crippen molar-refractivity contribution in [1.82, 2.24) is 10.2 Å². The Morgan fingerprint density at radius 1 is 1.33 bits per heavy atom. The number of likely N-dealkylation sites (tertiary alicyclic amines) is 1. The van der Waals surface area contributed by atoms with Gasteiger partial charge in [0.15, 0.2) is 0 Å². The smallest absolute Gasteiger partial charge is 0.123 e. The number of hydrogen-bond acceptors (Lipinski definition) is 3. The molecule has 0 spiro atoms. The van der Waals surface area contributed by atoms with E-state index in [4.69, 9.17) is 4.74 Å². The van der Waals surface area contributed by atoms with E-state index in [9.17, 15) is 0 Å². The standard InChI is InChI=1S/C18H30N2O/c1-4-10-19-13-17-9-8-16(12-18(17)21-3)14-20-11-6-5-7-15(20)2/h8-9,12,15,19H,4-7,10-11,13-14H2,1-3H3. The summed E-state index contributed by atoms with van der Waals surface area (Å²) in [4.78, 5) is 2.59. The van der Waals surface area contributed by atoms with E-state index < -0.39 is 0 Å². The number of nitrogens with one attached hydrogen (secondary N) is 1. The van der Waals surface area contributed by atoms with Crippen LogP contribution >= 0.6 is 0 Å². The summed E-state index contributed by atoms with van der Waals surface area (Å²) in [5, 5.41) is 3.44. The minimum Gasteiger partial charge on any atom is -0.496 e. The highest BCUT2D eigenvalue weighted by Crippen LogP contribution is 2.24. The van der Waals surface area contributed by atoms with Crippen LogP contribution in [0.2, 0.25) is 0 Å². The summed E-state index contributed by atoms with van der Waals surface area (Å²) < 4.78 is 5.57. The van der Waals surface area contributed by atoms with Crippen molar-refractivity contribution < 1.29 is 4.74 Å². The molecule has 1 unspecified atom stereocenters. The van der Waals surface area contributed by atoms with Gasteiger partial charge in [0.2, 0.25) is 0 Å². The summed E-state index contributed by atoms with van der Waals surface area (Å²) >= 11 is 0. The van der Waals surface area contributed by atoms with Gasteiger partial charge in [-0.2, -0.15) is 0 Å². The molecule has 0 aromatic heterocycles. The van der Waals surface area contributed by atoms with Gasteiger partial charge in [0.05, 0.1) is 7.11 Å². The van der Waals surface area contributed by atoms with Gasteiger partial charge >= 0.3 is 0 Å². The molecule has 3 heteroatoms. The molecule has 1 aromatic rings. The van der Waals surface area contributed by atoms with Crippen LogP contribution in [0, 0.1) is 0 Å². The van der Waals surface area contributed by atoms with Gasteiger partial charge in [-0.25, -0.2) is 0 Å². The van der Waals surface area contributed by atoms with E-state index in [1.807, 2.05) is 0 Å². The van der Waals surface area contributed by atoms with Crippen LogP contribution in [0.15, 0.2) is 18.2 Å². The van der Waals surface area contributed by atoms with Crippen molar-refractivity contribution >= 4 is 0 Å². The number of benzene rings is 1. The van der Waals surface area contributed by atoms with Crippen molar-refractivity contribution in [3.63, 3.8) is 0 Å². The van der Waals surface area contributed by atoms with Crippen molar-refractivity contribution in [2.45, 2.75) is 58.7 Å². The van der Waals surface area contributed by atoms with Gasteiger partial charge in [0.1, 0.15) is 5.75 Å². The third-order valence-corrected chi connectivity index (χ3v) is 4.42. The fourth-order valence-electron chi connectivity index (χ4n) is 3.06. The maximum atomic E-state index is 5.57. The van der Waals surface area contributed by atoms with Crippen LogP contribution in [0.25, 0.3) is 0 Å². The number of nitrogens with zero attached hydrogens (tertiary/aromatic N) is 1. The summed E-state index contributed by atoms with van der Waals surface area (Å²) in [6.07, 6.45) is 5.20. The summed E-state index contributed by atoms with van der Waals surface area (Å²) in [7, 11) is 1.77. The van der Waals surface area contributed by atoms with Crippen molar-refractivity contribution in [2.24, 2.45) is 0 Å². The maximum absolute atomic E-state index is 5.57. The molecule has 1 atom stereocenters. The molecule has 3 nitrogen and oxygen atoms in total. The fourth-order valence-corrected chi connectivity index (χ4v) is 3.06. The van der Waals surface area contributed by atoms with Gasteiger partial charge in [-0.3, -0.25) is 4.90 Å². The van der Waals surface area contributed by atoms with Crippen LogP contribution in [0.1, 0.15) is 50.7 Å². The second kappa shape index (κ2) is 8.40. The van der Waals surface area contributed by atoms with Crippen molar-refractivity contribution in [1.29, 1.82) is 0 Å². The number of ether oxygens (including phenoxy) is 1. The van der Waals surface area contributed by atoms with Crippen LogP contribution in [0.4, 0.5) is 0 Å². The molecule has 0 radical (unpaired) electrons. The van der Waals surface area contributed by atoms with E-state index in [1.165, 1.54) is 36.9 Å². The molecule has 1 saturated heterocycles. The highest BCUT2D eigenvalue weighted by atomic mass is 16.5. The van der Waals surface area contributed by atoms with Crippen LogP contribution in [0.5, 0.6) is 5.75 Å². The SMILES string of the molecule is CCCNCc1ccc(CN2CCCCC2C)cc1OC. The Morgan fingerprint density at radius 3 is 2.90 bits per heavy atom. The third kappa shape index (κ3) is 4.72. The first-order valence-corrected chi connectivity index (χ1v) is 8.35. The first kappa shape index (κ1) is 16.3. The van der Waals surface area contributed by atoms with Crippen molar-refractivity contribution in [2.75, 3.05) is 20.2 Å². The lowest BCUT2D eigenvalue weighted by Gasteiger charge is -2.33. The monoisotopic (exact) mass is 290 g/mol. The van der Waals surface area contributed by atoms with Crippen LogP contribution in [0.3, 0.4) is 0 Å². The third-order valence-electron chi connectivity index (χ3n) is 4.42. The predicted molar refractivity (Wildman–Crippen MR) is 88.7 cm³/mol. The number of methoxy groups -OCH3 is 1. The van der Waals surface area contributed by atoms with Crippen LogP contribution in [-0.4, -0.2) is 31.1 Å². The van der Waals surface area contributed by atoms with Crippen molar-refractivity contribution in [3.8, 4) is 5.75 Å². The Balaban J connectivity index is 2.00. The lowest BCUT2D eigenvalue weighted by atomic mass is 10.0. The molecule has 1 heterocycles. The van der Waals surface area contributed by atoms with Crippen molar-refractivity contribution in [3.05, 3.63) is 29.3 Å². The zero-order chi connectivity index (χ0) is 15.1. The van der Waals surface area contributed by atoms with E-state index in [0.717, 1.165) is 31.8 Å². The van der Waals surface area contributed by atoms with Gasteiger partial charge in [0, 0.05) is 24.7 Å². The molecule has 118 valence electrons. The van der Waals surface area contributed by atoms with Gasteiger partial charge < -0.3 is 10.1 Å². The minimum atomic E-state index is 0.704. The lowest BCUT2D eigenvalue weighted by Crippen LogP contribution is -2.36. The summed E-state index contributed by atoms with van der Waals surface area (Å²) in [5.74, 6) is 1.01. The van der Waals surface area contributed by atoms with Crippen LogP contribution < -0.4 is 10.1 Å². The molecular formula is C18H30N2O. The second-order valence-corrected chi connectivity index (χ2v) is 6.14. The fraction of sp³-hybridized carbons (Fsp3) is 0.667. The van der Waals surface area contributed by atoms with Crippen LogP contribution in [-0.2, 0) is 13.1 Å². The molecule has 1 N–H and O–H groups in total. The number of piperidine rings is 1. The molecule has 1 aliphatic heterocycles. The molecule has 0 aliphatic carbocycles. The first-order valence-electron chi connectivity index (χ1n) is 8.35. The van der Waals surface area contributed by atoms with E-state index in [0.29, 0.717) is 6.04 Å². The molecular weight excluding hydrogens is 260 g/mol. The molecule has 2 rings (SSSR count). The summed E-state index contributed by atoms with van der Waals surface area (Å²) in [6.45, 7) is 8.74. The number of hydrogen-bond donors (Lipinski definition) is 1. The summed E-state index contributed by atoms with van der Waals surface area (Å²) in [6, 6.07) is 7.39. The van der Waals surface area contributed by atoms with Gasteiger partial charge in [-0.1, -0.05) is 25.5 Å². The minimum absolute atomic E-state index is 0.704. The molecule has 1 aliphatic rings.